The average Bonchev–Trinajstić information content (AvgIpc) is 2.90. The fraction of sp³-hybridized carbons (Fsp3) is 0.310. The summed E-state index contributed by atoms with van der Waals surface area (Å²) < 4.78 is 24.9. The van der Waals surface area contributed by atoms with Crippen molar-refractivity contribution in [2.75, 3.05) is 49.6 Å². The third-order valence-electron chi connectivity index (χ3n) is 6.28. The van der Waals surface area contributed by atoms with E-state index in [-0.39, 0.29) is 18.3 Å². The monoisotopic (exact) mass is 521 g/mol. The fourth-order valence-electron chi connectivity index (χ4n) is 4.23. The minimum absolute atomic E-state index is 0.136. The van der Waals surface area contributed by atoms with E-state index < -0.39 is 0 Å². The molecule has 8 heteroatoms. The quantitative estimate of drug-likeness (QED) is 0.403. The van der Waals surface area contributed by atoms with Crippen LogP contribution in [-0.2, 0) is 4.79 Å². The Kier molecular flexibility index (Phi) is 8.61. The van der Waals surface area contributed by atoms with Crippen molar-refractivity contribution in [1.29, 1.82) is 0 Å². The number of carbonyl (C=O) groups excluding carboxylic acids is 1. The topological polar surface area (TPSA) is 54.0 Å². The molecule has 1 aliphatic rings. The van der Waals surface area contributed by atoms with Crippen LogP contribution >= 0.6 is 12.2 Å². The van der Waals surface area contributed by atoms with Crippen molar-refractivity contribution in [2.24, 2.45) is 0 Å². The largest absolute Gasteiger partial charge is 0.490 e. The van der Waals surface area contributed by atoms with Gasteiger partial charge in [0.2, 0.25) is 0 Å². The molecule has 1 fully saturated rings. The van der Waals surface area contributed by atoms with E-state index in [0.29, 0.717) is 18.1 Å². The van der Waals surface area contributed by atoms with Crippen molar-refractivity contribution in [3.05, 3.63) is 83.2 Å². The van der Waals surface area contributed by atoms with Gasteiger partial charge in [0, 0.05) is 43.1 Å². The van der Waals surface area contributed by atoms with Crippen LogP contribution in [0.15, 0.2) is 60.7 Å². The lowest BCUT2D eigenvalue weighted by atomic mass is 10.1. The summed E-state index contributed by atoms with van der Waals surface area (Å²) in [5.41, 5.74) is 4.71. The number of hydrogen-bond acceptors (Lipinski definition) is 5. The zero-order valence-corrected chi connectivity index (χ0v) is 22.2. The number of hydrogen-bond donors (Lipinski definition) is 1. The van der Waals surface area contributed by atoms with E-state index in [9.17, 15) is 9.18 Å². The molecule has 0 aromatic heterocycles. The van der Waals surface area contributed by atoms with Gasteiger partial charge in [-0.05, 0) is 80.4 Å². The summed E-state index contributed by atoms with van der Waals surface area (Å²) in [5.74, 6) is 0.565. The van der Waals surface area contributed by atoms with Crippen molar-refractivity contribution in [3.63, 3.8) is 0 Å². The Morgan fingerprint density at radius 3 is 2.38 bits per heavy atom. The van der Waals surface area contributed by atoms with Gasteiger partial charge in [-0.3, -0.25) is 4.79 Å². The number of nitrogens with one attached hydrogen (secondary N) is 1. The summed E-state index contributed by atoms with van der Waals surface area (Å²) in [7, 11) is 0. The van der Waals surface area contributed by atoms with Crippen molar-refractivity contribution in [2.45, 2.75) is 20.8 Å². The van der Waals surface area contributed by atoms with Crippen LogP contribution in [0.25, 0.3) is 0 Å². The molecule has 1 aliphatic heterocycles. The van der Waals surface area contributed by atoms with Gasteiger partial charge < -0.3 is 24.6 Å². The Morgan fingerprint density at radius 1 is 0.946 bits per heavy atom. The Bertz CT molecular complexity index is 1260. The molecule has 0 unspecified atom stereocenters. The summed E-state index contributed by atoms with van der Waals surface area (Å²) in [6.07, 6.45) is 0. The van der Waals surface area contributed by atoms with Crippen molar-refractivity contribution in [3.8, 4) is 11.5 Å². The van der Waals surface area contributed by atoms with Gasteiger partial charge >= 0.3 is 0 Å². The maximum absolute atomic E-state index is 13.2. The molecule has 0 radical (unpaired) electrons. The molecule has 3 aromatic carbocycles. The van der Waals surface area contributed by atoms with Crippen LogP contribution in [0.2, 0.25) is 0 Å². The standard InChI is InChI=1S/C29H32FN3O3S/c1-4-35-27-18-22(29(37)33-15-13-32(14-16-33)24-10-8-23(30)9-11-24)7-12-26(27)36-19-28(34)31-25-17-20(2)5-6-21(25)3/h5-12,17-18H,4,13-16,19H2,1-3H3,(H,31,34). The number of rotatable bonds is 8. The highest BCUT2D eigenvalue weighted by Gasteiger charge is 2.21. The maximum atomic E-state index is 13.2. The molecule has 6 nitrogen and oxygen atoms in total. The van der Waals surface area contributed by atoms with Crippen LogP contribution in [0.1, 0.15) is 23.6 Å². The SMILES string of the molecule is CCOc1cc(C(=S)N2CCN(c3ccc(F)cc3)CC2)ccc1OCC(=O)Nc1cc(C)ccc1C. The van der Waals surface area contributed by atoms with E-state index in [1.54, 1.807) is 18.2 Å². The molecule has 3 aromatic rings. The van der Waals surface area contributed by atoms with Gasteiger partial charge in [-0.25, -0.2) is 4.39 Å². The number of benzene rings is 3. The number of piperazine rings is 1. The molecule has 1 saturated heterocycles. The minimum Gasteiger partial charge on any atom is -0.490 e. The number of carbonyl (C=O) groups is 1. The zero-order chi connectivity index (χ0) is 26.4. The minimum atomic E-state index is -0.241. The summed E-state index contributed by atoms with van der Waals surface area (Å²) in [6, 6.07) is 18.1. The number of ether oxygens (including phenoxy) is 2. The smallest absolute Gasteiger partial charge is 0.262 e. The second-order valence-electron chi connectivity index (χ2n) is 9.01. The Hall–Kier alpha value is -3.65. The van der Waals surface area contributed by atoms with E-state index in [1.165, 1.54) is 12.1 Å². The first-order valence-electron chi connectivity index (χ1n) is 12.4. The first-order chi connectivity index (χ1) is 17.8. The van der Waals surface area contributed by atoms with Gasteiger partial charge in [-0.1, -0.05) is 24.4 Å². The lowest BCUT2D eigenvalue weighted by Crippen LogP contribution is -2.48. The first kappa shape index (κ1) is 26.4. The Morgan fingerprint density at radius 2 is 1.68 bits per heavy atom. The number of amides is 1. The number of thiocarbonyl (C=S) groups is 1. The highest BCUT2D eigenvalue weighted by molar-refractivity contribution is 7.80. The summed E-state index contributed by atoms with van der Waals surface area (Å²) in [5, 5.41) is 2.91. The predicted molar refractivity (Wildman–Crippen MR) is 150 cm³/mol. The third kappa shape index (κ3) is 6.77. The lowest BCUT2D eigenvalue weighted by Gasteiger charge is -2.37. The van der Waals surface area contributed by atoms with Crippen LogP contribution in [0.5, 0.6) is 11.5 Å². The molecule has 0 atom stereocenters. The molecule has 1 amide bonds. The molecule has 0 bridgehead atoms. The van der Waals surface area contributed by atoms with E-state index >= 15 is 0 Å². The van der Waals surface area contributed by atoms with Crippen molar-refractivity contribution >= 4 is 34.5 Å². The third-order valence-corrected chi connectivity index (χ3v) is 6.77. The van der Waals surface area contributed by atoms with Gasteiger partial charge in [0.05, 0.1) is 6.61 Å². The highest BCUT2D eigenvalue weighted by Crippen LogP contribution is 2.30. The van der Waals surface area contributed by atoms with Gasteiger partial charge in [0.25, 0.3) is 5.91 Å². The molecule has 1 N–H and O–H groups in total. The summed E-state index contributed by atoms with van der Waals surface area (Å²) in [4.78, 5) is 17.6. The summed E-state index contributed by atoms with van der Waals surface area (Å²) >= 11 is 5.80. The van der Waals surface area contributed by atoms with Crippen LogP contribution in [-0.4, -0.2) is 55.2 Å². The molecule has 0 aliphatic carbocycles. The van der Waals surface area contributed by atoms with Crippen molar-refractivity contribution < 1.29 is 18.7 Å². The number of aryl methyl sites for hydroxylation is 2. The molecule has 194 valence electrons. The van der Waals surface area contributed by atoms with Crippen LogP contribution < -0.4 is 19.7 Å². The van der Waals surface area contributed by atoms with Crippen LogP contribution in [0.4, 0.5) is 15.8 Å². The fourth-order valence-corrected chi connectivity index (χ4v) is 4.54. The van der Waals surface area contributed by atoms with E-state index in [2.05, 4.69) is 15.1 Å². The summed E-state index contributed by atoms with van der Waals surface area (Å²) in [6.45, 7) is 9.26. The normalized spacial score (nSPS) is 13.3. The number of halogens is 1. The van der Waals surface area contributed by atoms with Crippen LogP contribution in [0, 0.1) is 19.7 Å². The van der Waals surface area contributed by atoms with Crippen molar-refractivity contribution in [1.82, 2.24) is 4.90 Å². The molecule has 1 heterocycles. The highest BCUT2D eigenvalue weighted by atomic mass is 32.1. The van der Waals surface area contributed by atoms with Gasteiger partial charge in [0.15, 0.2) is 18.1 Å². The Balaban J connectivity index is 1.37. The molecule has 37 heavy (non-hydrogen) atoms. The lowest BCUT2D eigenvalue weighted by molar-refractivity contribution is -0.118. The molecular weight excluding hydrogens is 489 g/mol. The predicted octanol–water partition coefficient (Wildman–Crippen LogP) is 5.36. The van der Waals surface area contributed by atoms with E-state index in [0.717, 1.165) is 59.2 Å². The van der Waals surface area contributed by atoms with Gasteiger partial charge in [-0.15, -0.1) is 0 Å². The van der Waals surface area contributed by atoms with E-state index in [1.807, 2.05) is 51.1 Å². The first-order valence-corrected chi connectivity index (χ1v) is 12.8. The van der Waals surface area contributed by atoms with Gasteiger partial charge in [-0.2, -0.15) is 0 Å². The van der Waals surface area contributed by atoms with Gasteiger partial charge in [0.1, 0.15) is 10.8 Å². The van der Waals surface area contributed by atoms with E-state index in [4.69, 9.17) is 21.7 Å². The average molecular weight is 522 g/mol. The molecule has 0 spiro atoms. The molecule has 0 saturated carbocycles. The number of nitrogens with zero attached hydrogens (tertiary/aromatic N) is 2. The second kappa shape index (κ2) is 12.1. The number of anilines is 2. The zero-order valence-electron chi connectivity index (χ0n) is 21.4. The van der Waals surface area contributed by atoms with Crippen LogP contribution in [0.3, 0.4) is 0 Å². The Labute approximate surface area is 223 Å². The molecule has 4 rings (SSSR count). The molecular formula is C29H32FN3O3S. The maximum Gasteiger partial charge on any atom is 0.262 e. The second-order valence-corrected chi connectivity index (χ2v) is 9.39.